The molecule has 1 amide bonds. The molecular formula is C20H20BrN3OS2. The summed E-state index contributed by atoms with van der Waals surface area (Å²) in [6, 6.07) is 14.6. The van der Waals surface area contributed by atoms with E-state index in [0.717, 1.165) is 20.0 Å². The fourth-order valence-corrected chi connectivity index (χ4v) is 4.65. The highest BCUT2D eigenvalue weighted by molar-refractivity contribution is 9.11. The lowest BCUT2D eigenvalue weighted by Crippen LogP contribution is -2.27. The largest absolute Gasteiger partial charge is 0.351 e. The van der Waals surface area contributed by atoms with Crippen molar-refractivity contribution in [2.75, 3.05) is 12.3 Å². The second-order valence-electron chi connectivity index (χ2n) is 5.72. The van der Waals surface area contributed by atoms with E-state index in [1.165, 1.54) is 34.5 Å². The standard InChI is InChI=1S/C20H20BrN3OS2/c1-2-3-9-15(21)12-22-18(25)13-26-20-19(27-24-23-20)17-11-6-8-14-7-4-5-10-16(14)17/h2-11,23-24H,12-13H2,1H3,(H,22,25)/b3-2-,15-9+. The fraction of sp³-hybridized carbons (Fsp3) is 0.150. The van der Waals surface area contributed by atoms with Gasteiger partial charge in [0.25, 0.3) is 0 Å². The third kappa shape index (κ3) is 5.42. The number of nitrogens with one attached hydrogen (secondary N) is 3. The molecule has 0 aromatic heterocycles. The SMILES string of the molecule is C/C=C\C=C(\Br)CNC(=O)CSC1=C(c2cccc3ccccc23)SNN1. The Kier molecular flexibility index (Phi) is 7.46. The molecule has 0 fully saturated rings. The van der Waals surface area contributed by atoms with Gasteiger partial charge in [0, 0.05) is 11.0 Å². The van der Waals surface area contributed by atoms with Gasteiger partial charge in [-0.1, -0.05) is 88.4 Å². The van der Waals surface area contributed by atoms with Gasteiger partial charge >= 0.3 is 0 Å². The predicted octanol–water partition coefficient (Wildman–Crippen LogP) is 4.93. The molecule has 4 nitrogen and oxygen atoms in total. The fourth-order valence-electron chi connectivity index (χ4n) is 2.56. The van der Waals surface area contributed by atoms with E-state index in [1.807, 2.05) is 37.3 Å². The number of amides is 1. The van der Waals surface area contributed by atoms with Crippen LogP contribution in [0.2, 0.25) is 0 Å². The van der Waals surface area contributed by atoms with Gasteiger partial charge in [-0.25, -0.2) is 0 Å². The minimum absolute atomic E-state index is 0.00528. The quantitative estimate of drug-likeness (QED) is 0.403. The van der Waals surface area contributed by atoms with Gasteiger partial charge in [0.1, 0.15) is 0 Å². The molecule has 3 N–H and O–H groups in total. The maximum Gasteiger partial charge on any atom is 0.230 e. The number of hydrazine groups is 1. The number of hydrogen-bond acceptors (Lipinski definition) is 5. The van der Waals surface area contributed by atoms with Gasteiger partial charge in [0.2, 0.25) is 5.91 Å². The zero-order chi connectivity index (χ0) is 19.1. The molecule has 1 heterocycles. The number of benzene rings is 2. The number of carbonyl (C=O) groups is 1. The molecule has 3 rings (SSSR count). The van der Waals surface area contributed by atoms with Gasteiger partial charge in [0.15, 0.2) is 0 Å². The zero-order valence-electron chi connectivity index (χ0n) is 14.8. The number of rotatable bonds is 7. The predicted molar refractivity (Wildman–Crippen MR) is 122 cm³/mol. The Morgan fingerprint density at radius 2 is 2.07 bits per heavy atom. The van der Waals surface area contributed by atoms with Crippen LogP contribution < -0.4 is 15.6 Å². The van der Waals surface area contributed by atoms with Gasteiger partial charge in [0.05, 0.1) is 15.7 Å². The Bertz CT molecular complexity index is 919. The molecule has 0 spiro atoms. The molecule has 140 valence electrons. The lowest BCUT2D eigenvalue weighted by molar-refractivity contribution is -0.118. The van der Waals surface area contributed by atoms with Crippen LogP contribution in [0.1, 0.15) is 12.5 Å². The molecule has 2 aromatic carbocycles. The Balaban J connectivity index is 1.68. The number of fused-ring (bicyclic) bond motifs is 1. The molecule has 0 saturated carbocycles. The molecule has 0 saturated heterocycles. The summed E-state index contributed by atoms with van der Waals surface area (Å²) in [5.74, 6) is 0.345. The zero-order valence-corrected chi connectivity index (χ0v) is 18.0. The van der Waals surface area contributed by atoms with Crippen LogP contribution in [0.3, 0.4) is 0 Å². The van der Waals surface area contributed by atoms with Gasteiger partial charge < -0.3 is 10.7 Å². The monoisotopic (exact) mass is 461 g/mol. The molecule has 0 aliphatic carbocycles. The lowest BCUT2D eigenvalue weighted by atomic mass is 10.0. The van der Waals surface area contributed by atoms with Crippen LogP contribution in [0.5, 0.6) is 0 Å². The topological polar surface area (TPSA) is 53.2 Å². The highest BCUT2D eigenvalue weighted by Crippen LogP contribution is 2.39. The first kappa shape index (κ1) is 20.1. The molecule has 1 aliphatic heterocycles. The van der Waals surface area contributed by atoms with Crippen LogP contribution in [0.4, 0.5) is 0 Å². The van der Waals surface area contributed by atoms with Crippen molar-refractivity contribution in [2.24, 2.45) is 0 Å². The summed E-state index contributed by atoms with van der Waals surface area (Å²) < 4.78 is 0.936. The summed E-state index contributed by atoms with van der Waals surface area (Å²) >= 11 is 6.48. The highest BCUT2D eigenvalue weighted by atomic mass is 79.9. The third-order valence-corrected chi connectivity index (χ3v) is 6.34. The first-order chi connectivity index (χ1) is 13.2. The highest BCUT2D eigenvalue weighted by Gasteiger charge is 2.19. The van der Waals surface area contributed by atoms with Crippen molar-refractivity contribution >= 4 is 61.2 Å². The molecular weight excluding hydrogens is 442 g/mol. The second-order valence-corrected chi connectivity index (χ2v) is 8.54. The Hall–Kier alpha value is -1.67. The first-order valence-electron chi connectivity index (χ1n) is 8.46. The minimum Gasteiger partial charge on any atom is -0.351 e. The average molecular weight is 462 g/mol. The van der Waals surface area contributed by atoms with Crippen molar-refractivity contribution in [1.82, 2.24) is 15.6 Å². The summed E-state index contributed by atoms with van der Waals surface area (Å²) in [7, 11) is 0. The molecule has 7 heteroatoms. The van der Waals surface area contributed by atoms with Crippen molar-refractivity contribution in [3.63, 3.8) is 0 Å². The Labute approximate surface area is 176 Å². The van der Waals surface area contributed by atoms with Gasteiger partial charge in [-0.15, -0.1) is 0 Å². The number of allylic oxidation sites excluding steroid dienone is 3. The van der Waals surface area contributed by atoms with Crippen molar-refractivity contribution in [2.45, 2.75) is 6.92 Å². The van der Waals surface area contributed by atoms with E-state index in [-0.39, 0.29) is 5.91 Å². The summed E-state index contributed by atoms with van der Waals surface area (Å²) in [4.78, 5) is 16.4. The van der Waals surface area contributed by atoms with Gasteiger partial charge in [-0.2, -0.15) is 4.83 Å². The van der Waals surface area contributed by atoms with E-state index in [0.29, 0.717) is 12.3 Å². The van der Waals surface area contributed by atoms with Crippen LogP contribution in [0.15, 0.2) is 70.2 Å². The van der Waals surface area contributed by atoms with Crippen molar-refractivity contribution in [3.8, 4) is 0 Å². The summed E-state index contributed by atoms with van der Waals surface area (Å²) in [5, 5.41) is 6.29. The summed E-state index contributed by atoms with van der Waals surface area (Å²) in [6.07, 6.45) is 5.79. The van der Waals surface area contributed by atoms with E-state index in [4.69, 9.17) is 0 Å². The minimum atomic E-state index is -0.00528. The molecule has 27 heavy (non-hydrogen) atoms. The van der Waals surface area contributed by atoms with E-state index < -0.39 is 0 Å². The van der Waals surface area contributed by atoms with Gasteiger partial charge in [-0.3, -0.25) is 4.79 Å². The van der Waals surface area contributed by atoms with E-state index >= 15 is 0 Å². The molecule has 0 atom stereocenters. The normalized spacial score (nSPS) is 14.8. The van der Waals surface area contributed by atoms with Gasteiger partial charge in [-0.05, 0) is 35.2 Å². The molecule has 0 unspecified atom stereocenters. The summed E-state index contributed by atoms with van der Waals surface area (Å²) in [5.41, 5.74) is 4.33. The molecule has 0 radical (unpaired) electrons. The average Bonchev–Trinajstić information content (AvgIpc) is 3.17. The molecule has 2 aromatic rings. The number of carbonyl (C=O) groups excluding carboxylic acids is 1. The number of halogens is 1. The molecule has 1 aliphatic rings. The van der Waals surface area contributed by atoms with Crippen molar-refractivity contribution in [1.29, 1.82) is 0 Å². The van der Waals surface area contributed by atoms with Crippen molar-refractivity contribution in [3.05, 3.63) is 75.8 Å². The van der Waals surface area contributed by atoms with Crippen LogP contribution in [0, 0.1) is 0 Å². The van der Waals surface area contributed by atoms with Crippen LogP contribution in [-0.4, -0.2) is 18.2 Å². The van der Waals surface area contributed by atoms with Crippen LogP contribution >= 0.6 is 39.6 Å². The maximum absolute atomic E-state index is 12.2. The third-order valence-electron chi connectivity index (χ3n) is 3.83. The van der Waals surface area contributed by atoms with E-state index in [1.54, 1.807) is 0 Å². The summed E-state index contributed by atoms with van der Waals surface area (Å²) in [6.45, 7) is 2.44. The number of hydrogen-bond donors (Lipinski definition) is 3. The van der Waals surface area contributed by atoms with E-state index in [9.17, 15) is 4.79 Å². The second kappa shape index (κ2) is 10.0. The Morgan fingerprint density at radius 3 is 2.93 bits per heavy atom. The number of thioether (sulfide) groups is 1. The van der Waals surface area contributed by atoms with E-state index in [2.05, 4.69) is 61.8 Å². The Morgan fingerprint density at radius 1 is 1.26 bits per heavy atom. The first-order valence-corrected chi connectivity index (χ1v) is 11.1. The smallest absolute Gasteiger partial charge is 0.230 e. The molecule has 0 bridgehead atoms. The van der Waals surface area contributed by atoms with Crippen molar-refractivity contribution < 1.29 is 4.79 Å². The maximum atomic E-state index is 12.2. The van der Waals surface area contributed by atoms with Crippen LogP contribution in [-0.2, 0) is 4.79 Å². The lowest BCUT2D eigenvalue weighted by Gasteiger charge is -2.09. The van der Waals surface area contributed by atoms with Crippen LogP contribution in [0.25, 0.3) is 15.7 Å².